The first-order chi connectivity index (χ1) is 28.6. The Morgan fingerprint density at radius 2 is 1.68 bits per heavy atom. The molecule has 0 N–H and O–H groups in total. The SMILES string of the molecule is [2H]c1c(C)c([2H])c2c(=O)c([2H])c(SCc3cccc(F)c3F)n(CC(=O)N(C3CCN(C([2H])([2H])COC)CC3)C([2H])([2H])c3ccc(-c4ccc(C(F)(F)F)cc4)cc3)c2c1[2H]. The number of likely N-dealkylation sites (tertiary alicyclic amines) is 1. The normalized spacial score (nSPS) is 16.9. The lowest BCUT2D eigenvalue weighted by Gasteiger charge is -2.39. The largest absolute Gasteiger partial charge is 0.416 e. The van der Waals surface area contributed by atoms with Gasteiger partial charge in [-0.25, -0.2) is 8.78 Å². The number of benzene rings is 4. The van der Waals surface area contributed by atoms with Crippen LogP contribution in [0.25, 0.3) is 22.0 Å². The first-order valence-electron chi connectivity index (χ1n) is 20.6. The zero-order chi connectivity index (χ0) is 44.8. The topological polar surface area (TPSA) is 54.8 Å². The van der Waals surface area contributed by atoms with Crippen molar-refractivity contribution in [3.63, 3.8) is 0 Å². The number of hydrogen-bond donors (Lipinski definition) is 0. The Labute approximate surface area is 320 Å². The van der Waals surface area contributed by atoms with Crippen LogP contribution in [0.4, 0.5) is 22.0 Å². The monoisotopic (exact) mass is 757 g/mol. The maximum Gasteiger partial charge on any atom is 0.416 e. The van der Waals surface area contributed by atoms with E-state index in [-0.39, 0.29) is 65.5 Å². The number of methoxy groups -OCH3 is 1. The number of piperidine rings is 1. The van der Waals surface area contributed by atoms with E-state index in [1.54, 1.807) is 0 Å². The van der Waals surface area contributed by atoms with Crippen LogP contribution < -0.4 is 5.43 Å². The highest BCUT2D eigenvalue weighted by atomic mass is 32.2. The number of rotatable bonds is 12. The number of hydrogen-bond acceptors (Lipinski definition) is 5. The standard InChI is InChI=1S/C41H40F5N3O3S/c1-27-6-15-36-34(22-27)37(50)23-39(53-26-31-4-3-5-35(42)40(31)43)49(36)25-38(51)48(33-16-18-47(19-17-33)20-21-52-2)24-28-7-9-29(10-8-28)30-11-13-32(14-12-30)41(44,45)46/h3-15,22-23,33H,16-21,24-26H2,1-2H3/i6D,15D,20D2,22D,23D,24D2. The summed E-state index contributed by atoms with van der Waals surface area (Å²) < 4.78 is 146. The van der Waals surface area contributed by atoms with Gasteiger partial charge < -0.3 is 19.1 Å². The number of pyridine rings is 1. The van der Waals surface area contributed by atoms with Crippen LogP contribution in [-0.2, 0) is 34.5 Å². The summed E-state index contributed by atoms with van der Waals surface area (Å²) in [6, 6.07) is 10.5. The fraction of sp³-hybridized carbons (Fsp3) is 0.317. The van der Waals surface area contributed by atoms with Gasteiger partial charge in [0, 0.05) is 64.7 Å². The Morgan fingerprint density at radius 1 is 1.00 bits per heavy atom. The third kappa shape index (κ3) is 9.17. The minimum absolute atomic E-state index is 0.0329. The van der Waals surface area contributed by atoms with Gasteiger partial charge in [-0.3, -0.25) is 9.59 Å². The highest BCUT2D eigenvalue weighted by molar-refractivity contribution is 7.98. The van der Waals surface area contributed by atoms with E-state index < -0.39 is 89.8 Å². The molecule has 0 bridgehead atoms. The number of nitrogens with zero attached hydrogens (tertiary/aromatic N) is 3. The Kier molecular flexibility index (Phi) is 9.09. The smallest absolute Gasteiger partial charge is 0.383 e. The van der Waals surface area contributed by atoms with Gasteiger partial charge in [-0.2, -0.15) is 13.2 Å². The van der Waals surface area contributed by atoms with E-state index in [2.05, 4.69) is 0 Å². The number of halogens is 5. The van der Waals surface area contributed by atoms with Crippen molar-refractivity contribution >= 4 is 28.6 Å². The molecule has 0 saturated carbocycles. The minimum atomic E-state index is -4.55. The average Bonchev–Trinajstić information content (AvgIpc) is 3.21. The molecule has 0 radical (unpaired) electrons. The highest BCUT2D eigenvalue weighted by Crippen LogP contribution is 2.32. The van der Waals surface area contributed by atoms with Crippen molar-refractivity contribution in [1.29, 1.82) is 0 Å². The number of carbonyl (C=O) groups excluding carboxylic acids is 1. The Bertz CT molecular complexity index is 2520. The number of carbonyl (C=O) groups is 1. The molecule has 6 nitrogen and oxygen atoms in total. The Balaban J connectivity index is 1.46. The average molecular weight is 758 g/mol. The van der Waals surface area contributed by atoms with Crippen molar-refractivity contribution in [3.8, 4) is 11.1 Å². The summed E-state index contributed by atoms with van der Waals surface area (Å²) in [4.78, 5) is 31.2. The van der Waals surface area contributed by atoms with Crippen molar-refractivity contribution in [3.05, 3.63) is 135 Å². The van der Waals surface area contributed by atoms with Gasteiger partial charge in [0.1, 0.15) is 6.54 Å². The summed E-state index contributed by atoms with van der Waals surface area (Å²) in [5, 5.41) is -0.714. The van der Waals surface area contributed by atoms with E-state index in [0.717, 1.165) is 27.7 Å². The number of ether oxygens (including phenoxy) is 1. The second kappa shape index (κ2) is 16.7. The molecule has 1 saturated heterocycles. The van der Waals surface area contributed by atoms with Crippen LogP contribution in [0.5, 0.6) is 0 Å². The molecular weight excluding hydrogens is 710 g/mol. The van der Waals surface area contributed by atoms with Gasteiger partial charge >= 0.3 is 6.18 Å². The van der Waals surface area contributed by atoms with Gasteiger partial charge in [0.25, 0.3) is 0 Å². The molecule has 278 valence electrons. The van der Waals surface area contributed by atoms with Gasteiger partial charge in [0.05, 0.1) is 30.9 Å². The van der Waals surface area contributed by atoms with Crippen molar-refractivity contribution in [2.75, 3.05) is 33.3 Å². The van der Waals surface area contributed by atoms with Crippen LogP contribution in [0.3, 0.4) is 0 Å². The lowest BCUT2D eigenvalue weighted by Crippen LogP contribution is -2.48. The zero-order valence-corrected chi connectivity index (χ0v) is 29.6. The van der Waals surface area contributed by atoms with Gasteiger partial charge in [0.2, 0.25) is 5.91 Å². The number of thioether (sulfide) groups is 1. The first-order valence-corrected chi connectivity index (χ1v) is 17.6. The van der Waals surface area contributed by atoms with E-state index in [9.17, 15) is 34.3 Å². The van der Waals surface area contributed by atoms with Gasteiger partial charge in [0.15, 0.2) is 17.1 Å². The molecule has 1 amide bonds. The van der Waals surface area contributed by atoms with Gasteiger partial charge in [-0.05, 0) is 66.7 Å². The fourth-order valence-corrected chi connectivity index (χ4v) is 6.99. The molecule has 2 heterocycles. The summed E-state index contributed by atoms with van der Waals surface area (Å²) in [5.41, 5.74) is -1.56. The molecule has 1 aliphatic rings. The number of aromatic nitrogens is 1. The summed E-state index contributed by atoms with van der Waals surface area (Å²) >= 11 is 0.682. The third-order valence-electron chi connectivity index (χ3n) is 8.78. The van der Waals surface area contributed by atoms with Crippen LogP contribution in [-0.4, -0.2) is 59.6 Å². The van der Waals surface area contributed by atoms with E-state index in [4.69, 9.17) is 13.0 Å². The first kappa shape index (κ1) is 28.9. The van der Waals surface area contributed by atoms with E-state index in [1.165, 1.54) is 67.5 Å². The summed E-state index contributed by atoms with van der Waals surface area (Å²) in [5.74, 6) is -3.62. The Morgan fingerprint density at radius 3 is 2.34 bits per heavy atom. The highest BCUT2D eigenvalue weighted by Gasteiger charge is 2.31. The van der Waals surface area contributed by atoms with Crippen LogP contribution >= 0.6 is 11.8 Å². The molecule has 1 fully saturated rings. The summed E-state index contributed by atoms with van der Waals surface area (Å²) in [6.07, 6.45) is -4.40. The van der Waals surface area contributed by atoms with Crippen LogP contribution in [0, 0.1) is 18.6 Å². The number of amides is 1. The molecule has 0 aliphatic carbocycles. The predicted octanol–water partition coefficient (Wildman–Crippen LogP) is 8.71. The molecule has 12 heteroatoms. The second-order valence-electron chi connectivity index (χ2n) is 12.4. The molecule has 0 unspecified atom stereocenters. The van der Waals surface area contributed by atoms with Crippen molar-refractivity contribution in [1.82, 2.24) is 14.4 Å². The predicted molar refractivity (Wildman–Crippen MR) is 198 cm³/mol. The number of fused-ring (bicyclic) bond motifs is 1. The molecule has 53 heavy (non-hydrogen) atoms. The van der Waals surface area contributed by atoms with E-state index >= 15 is 0 Å². The zero-order valence-electron chi connectivity index (χ0n) is 36.7. The molecule has 1 aliphatic heterocycles. The van der Waals surface area contributed by atoms with E-state index in [1.807, 2.05) is 0 Å². The van der Waals surface area contributed by atoms with Crippen LogP contribution in [0.2, 0.25) is 0 Å². The maximum absolute atomic E-state index is 15.0. The molecule has 1 aromatic heterocycles. The molecule has 5 aromatic rings. The molecule has 0 spiro atoms. The summed E-state index contributed by atoms with van der Waals surface area (Å²) in [6.45, 7) is -4.12. The van der Waals surface area contributed by atoms with Gasteiger partial charge in [-0.15, -0.1) is 11.8 Å². The van der Waals surface area contributed by atoms with Crippen molar-refractivity contribution < 1.29 is 42.4 Å². The fourth-order valence-electron chi connectivity index (χ4n) is 5.99. The summed E-state index contributed by atoms with van der Waals surface area (Å²) in [7, 11) is 1.35. The molecule has 6 rings (SSSR count). The molecular formula is C41H40F5N3O3S. The van der Waals surface area contributed by atoms with Gasteiger partial charge in [-0.1, -0.05) is 60.1 Å². The Hall–Kier alpha value is -4.52. The van der Waals surface area contributed by atoms with Crippen LogP contribution in [0.1, 0.15) is 46.1 Å². The molecule has 4 aromatic carbocycles. The van der Waals surface area contributed by atoms with Crippen molar-refractivity contribution in [2.45, 2.75) is 55.8 Å². The van der Waals surface area contributed by atoms with E-state index in [0.29, 0.717) is 22.9 Å². The quantitative estimate of drug-likeness (QED) is 0.0942. The lowest BCUT2D eigenvalue weighted by atomic mass is 10.00. The van der Waals surface area contributed by atoms with Crippen LogP contribution in [0.15, 0.2) is 101 Å². The minimum Gasteiger partial charge on any atom is -0.383 e. The second-order valence-corrected chi connectivity index (χ2v) is 13.4. The van der Waals surface area contributed by atoms with Crippen molar-refractivity contribution in [2.24, 2.45) is 0 Å². The molecule has 0 atom stereocenters. The maximum atomic E-state index is 15.0. The lowest BCUT2D eigenvalue weighted by molar-refractivity contribution is -0.137. The third-order valence-corrected chi connectivity index (χ3v) is 9.83. The number of alkyl halides is 3.